The van der Waals surface area contributed by atoms with Crippen LogP contribution < -0.4 is 21.2 Å². The second-order valence-corrected chi connectivity index (χ2v) is 7.70. The maximum atomic E-state index is 13.0. The number of rotatable bonds is 8. The van der Waals surface area contributed by atoms with Crippen LogP contribution in [0.5, 0.6) is 5.75 Å². The van der Waals surface area contributed by atoms with Gasteiger partial charge in [-0.1, -0.05) is 24.3 Å². The number of carbonyl (C=O) groups is 4. The predicted octanol–water partition coefficient (Wildman–Crippen LogP) is 0.724. The average molecular weight is 439 g/mol. The van der Waals surface area contributed by atoms with Crippen LogP contribution in [0.3, 0.4) is 0 Å². The number of benzene rings is 2. The molecule has 2 aromatic rings. The van der Waals surface area contributed by atoms with E-state index in [1.165, 1.54) is 7.11 Å². The molecule has 1 aliphatic rings. The van der Waals surface area contributed by atoms with Gasteiger partial charge in [0.2, 0.25) is 5.91 Å². The highest BCUT2D eigenvalue weighted by atomic mass is 16.5. The molecule has 0 bridgehead atoms. The van der Waals surface area contributed by atoms with Crippen LogP contribution in [0.15, 0.2) is 48.5 Å². The Morgan fingerprint density at radius 2 is 1.91 bits per heavy atom. The Morgan fingerprint density at radius 1 is 1.19 bits per heavy atom. The van der Waals surface area contributed by atoms with Gasteiger partial charge in [-0.3, -0.25) is 24.7 Å². The Bertz CT molecular complexity index is 1070. The lowest BCUT2D eigenvalue weighted by molar-refractivity contribution is -0.139. The number of urea groups is 1. The number of carbonyl (C=O) groups excluding carboxylic acids is 4. The van der Waals surface area contributed by atoms with Crippen molar-refractivity contribution >= 4 is 23.8 Å². The van der Waals surface area contributed by atoms with Crippen LogP contribution in [0.2, 0.25) is 0 Å². The number of imide groups is 1. The molecule has 0 saturated carbocycles. The van der Waals surface area contributed by atoms with Crippen molar-refractivity contribution in [3.63, 3.8) is 0 Å². The van der Waals surface area contributed by atoms with E-state index in [0.717, 1.165) is 5.56 Å². The zero-order chi connectivity index (χ0) is 23.5. The van der Waals surface area contributed by atoms with E-state index in [0.29, 0.717) is 28.4 Å². The lowest BCUT2D eigenvalue weighted by Crippen LogP contribution is -2.50. The fraction of sp³-hybridized carbons (Fsp3) is 0.273. The SMILES string of the molecule is COc1cccc(C2(C)NC(=O)N(NC(=O)CN(C)Cc3cccc(C(N)=O)c3)C2=O)c1. The number of likely N-dealkylation sites (N-methyl/N-ethyl adjacent to an activating group) is 1. The molecule has 32 heavy (non-hydrogen) atoms. The minimum Gasteiger partial charge on any atom is -0.497 e. The second kappa shape index (κ2) is 9.06. The van der Waals surface area contributed by atoms with Crippen molar-refractivity contribution in [2.45, 2.75) is 19.0 Å². The normalized spacial score (nSPS) is 17.9. The average Bonchev–Trinajstić information content (AvgIpc) is 2.97. The molecule has 10 nitrogen and oxygen atoms in total. The highest BCUT2D eigenvalue weighted by molar-refractivity contribution is 6.08. The Morgan fingerprint density at radius 3 is 2.59 bits per heavy atom. The van der Waals surface area contributed by atoms with Crippen molar-refractivity contribution in [2.75, 3.05) is 20.7 Å². The van der Waals surface area contributed by atoms with Crippen molar-refractivity contribution in [3.8, 4) is 5.75 Å². The second-order valence-electron chi connectivity index (χ2n) is 7.70. The quantitative estimate of drug-likeness (QED) is 0.519. The zero-order valence-electron chi connectivity index (χ0n) is 18.0. The first-order valence-corrected chi connectivity index (χ1v) is 9.82. The van der Waals surface area contributed by atoms with Gasteiger partial charge < -0.3 is 15.8 Å². The molecule has 1 fully saturated rings. The Kier molecular flexibility index (Phi) is 6.45. The molecule has 1 atom stereocenters. The molecular weight excluding hydrogens is 414 g/mol. The number of hydrogen-bond donors (Lipinski definition) is 3. The van der Waals surface area contributed by atoms with E-state index in [1.54, 1.807) is 67.4 Å². The number of nitrogens with zero attached hydrogens (tertiary/aromatic N) is 2. The maximum absolute atomic E-state index is 13.0. The third-order valence-corrected chi connectivity index (χ3v) is 5.15. The molecule has 10 heteroatoms. The lowest BCUT2D eigenvalue weighted by atomic mass is 9.92. The smallest absolute Gasteiger partial charge is 0.344 e. The van der Waals surface area contributed by atoms with E-state index in [-0.39, 0.29) is 6.54 Å². The van der Waals surface area contributed by atoms with Crippen molar-refractivity contribution in [1.29, 1.82) is 0 Å². The summed E-state index contributed by atoms with van der Waals surface area (Å²) in [6.07, 6.45) is 0. The molecule has 168 valence electrons. The van der Waals surface area contributed by atoms with Crippen LogP contribution in [0.4, 0.5) is 4.79 Å². The number of ether oxygens (including phenoxy) is 1. The summed E-state index contributed by atoms with van der Waals surface area (Å²) in [5.41, 5.74) is 8.00. The highest BCUT2D eigenvalue weighted by Crippen LogP contribution is 2.30. The van der Waals surface area contributed by atoms with Crippen molar-refractivity contribution in [1.82, 2.24) is 20.7 Å². The van der Waals surface area contributed by atoms with Gasteiger partial charge in [0.25, 0.3) is 11.8 Å². The first-order valence-electron chi connectivity index (χ1n) is 9.82. The minimum atomic E-state index is -1.35. The standard InChI is InChI=1S/C22H25N5O5/c1-22(16-8-5-9-17(11-16)32-3)20(30)27(21(31)24-22)25-18(28)13-26(2)12-14-6-4-7-15(10-14)19(23)29/h4-11H,12-13H2,1-3H3,(H2,23,29)(H,24,31)(H,25,28). The molecule has 2 aromatic carbocycles. The molecular formula is C22H25N5O5. The van der Waals surface area contributed by atoms with Gasteiger partial charge >= 0.3 is 6.03 Å². The number of nitrogens with one attached hydrogen (secondary N) is 2. The maximum Gasteiger partial charge on any atom is 0.344 e. The van der Waals surface area contributed by atoms with Crippen LogP contribution in [0.1, 0.15) is 28.4 Å². The van der Waals surface area contributed by atoms with Crippen LogP contribution >= 0.6 is 0 Å². The number of nitrogens with two attached hydrogens (primary N) is 1. The lowest BCUT2D eigenvalue weighted by Gasteiger charge is -2.23. The van der Waals surface area contributed by atoms with Gasteiger partial charge in [0.05, 0.1) is 13.7 Å². The van der Waals surface area contributed by atoms with E-state index < -0.39 is 29.3 Å². The number of hydrazine groups is 1. The third kappa shape index (κ3) is 4.70. The van der Waals surface area contributed by atoms with Crippen LogP contribution in [0.25, 0.3) is 0 Å². The molecule has 5 amide bonds. The summed E-state index contributed by atoms with van der Waals surface area (Å²) in [6, 6.07) is 12.8. The minimum absolute atomic E-state index is 0.0896. The summed E-state index contributed by atoms with van der Waals surface area (Å²) in [4.78, 5) is 50.9. The van der Waals surface area contributed by atoms with Crippen molar-refractivity contribution in [2.24, 2.45) is 5.73 Å². The Balaban J connectivity index is 1.64. The van der Waals surface area contributed by atoms with Gasteiger partial charge in [-0.2, -0.15) is 5.01 Å². The van der Waals surface area contributed by atoms with Gasteiger partial charge in [0, 0.05) is 12.1 Å². The van der Waals surface area contributed by atoms with E-state index in [9.17, 15) is 19.2 Å². The van der Waals surface area contributed by atoms with E-state index >= 15 is 0 Å². The predicted molar refractivity (Wildman–Crippen MR) is 115 cm³/mol. The fourth-order valence-corrected chi connectivity index (χ4v) is 3.47. The fourth-order valence-electron chi connectivity index (χ4n) is 3.47. The van der Waals surface area contributed by atoms with Crippen molar-refractivity contribution < 1.29 is 23.9 Å². The summed E-state index contributed by atoms with van der Waals surface area (Å²) in [5.74, 6) is -1.15. The summed E-state index contributed by atoms with van der Waals surface area (Å²) < 4.78 is 5.19. The van der Waals surface area contributed by atoms with E-state index in [2.05, 4.69) is 10.7 Å². The van der Waals surface area contributed by atoms with Gasteiger partial charge in [0.15, 0.2) is 0 Å². The number of methoxy groups -OCH3 is 1. The van der Waals surface area contributed by atoms with Gasteiger partial charge in [0.1, 0.15) is 11.3 Å². The zero-order valence-corrected chi connectivity index (χ0v) is 18.0. The molecule has 4 N–H and O–H groups in total. The number of amides is 5. The molecule has 1 aliphatic heterocycles. The summed E-state index contributed by atoms with van der Waals surface area (Å²) in [7, 11) is 3.20. The van der Waals surface area contributed by atoms with Gasteiger partial charge in [-0.05, 0) is 49.4 Å². The first kappa shape index (κ1) is 22.8. The summed E-state index contributed by atoms with van der Waals surface area (Å²) >= 11 is 0. The van der Waals surface area contributed by atoms with E-state index in [4.69, 9.17) is 10.5 Å². The third-order valence-electron chi connectivity index (χ3n) is 5.15. The number of hydrogen-bond acceptors (Lipinski definition) is 6. The summed E-state index contributed by atoms with van der Waals surface area (Å²) in [5, 5.41) is 3.31. The van der Waals surface area contributed by atoms with Crippen LogP contribution in [-0.2, 0) is 21.7 Å². The van der Waals surface area contributed by atoms with E-state index in [1.807, 2.05) is 0 Å². The molecule has 0 aliphatic carbocycles. The van der Waals surface area contributed by atoms with Gasteiger partial charge in [-0.15, -0.1) is 0 Å². The molecule has 1 saturated heterocycles. The molecule has 1 heterocycles. The Labute approximate surface area is 185 Å². The Hall–Kier alpha value is -3.92. The topological polar surface area (TPSA) is 134 Å². The van der Waals surface area contributed by atoms with Crippen LogP contribution in [-0.4, -0.2) is 54.4 Å². The van der Waals surface area contributed by atoms with Crippen LogP contribution in [0, 0.1) is 0 Å². The summed E-state index contributed by atoms with van der Waals surface area (Å²) in [6.45, 7) is 1.83. The molecule has 0 radical (unpaired) electrons. The monoisotopic (exact) mass is 439 g/mol. The molecule has 1 unspecified atom stereocenters. The first-order chi connectivity index (χ1) is 15.1. The number of primary amides is 1. The molecule has 0 aromatic heterocycles. The largest absolute Gasteiger partial charge is 0.497 e. The highest BCUT2D eigenvalue weighted by Gasteiger charge is 2.50. The molecule has 0 spiro atoms. The van der Waals surface area contributed by atoms with Gasteiger partial charge in [-0.25, -0.2) is 4.79 Å². The van der Waals surface area contributed by atoms with Crippen molar-refractivity contribution in [3.05, 3.63) is 65.2 Å². The molecule has 3 rings (SSSR count).